The smallest absolute Gasteiger partial charge is 0.262 e. The lowest BCUT2D eigenvalue weighted by Crippen LogP contribution is -2.44. The van der Waals surface area contributed by atoms with E-state index in [-0.39, 0.29) is 22.3 Å². The van der Waals surface area contributed by atoms with Gasteiger partial charge in [0.25, 0.3) is 5.92 Å². The van der Waals surface area contributed by atoms with Gasteiger partial charge in [0.1, 0.15) is 0 Å². The third kappa shape index (κ3) is 4.53. The van der Waals surface area contributed by atoms with E-state index in [0.29, 0.717) is 0 Å². The van der Waals surface area contributed by atoms with Gasteiger partial charge in [-0.2, -0.15) is 0 Å². The summed E-state index contributed by atoms with van der Waals surface area (Å²) in [6, 6.07) is 3.75. The summed E-state index contributed by atoms with van der Waals surface area (Å²) in [5.74, 6) is -4.00. The van der Waals surface area contributed by atoms with E-state index < -0.39 is 36.7 Å². The van der Waals surface area contributed by atoms with Gasteiger partial charge in [-0.15, -0.1) is 0 Å². The van der Waals surface area contributed by atoms with Crippen LogP contribution in [0.15, 0.2) is 18.2 Å². The molecule has 126 valence electrons. The number of amides is 2. The Balaban J connectivity index is 1.93. The van der Waals surface area contributed by atoms with Crippen LogP contribution in [0.25, 0.3) is 0 Å². The minimum Gasteiger partial charge on any atom is -0.335 e. The second kappa shape index (κ2) is 6.98. The number of alkyl halides is 2. The van der Waals surface area contributed by atoms with E-state index in [4.69, 9.17) is 23.2 Å². The number of carbonyl (C=O) groups is 2. The fraction of sp³-hybridized carbons (Fsp3) is 0.429. The van der Waals surface area contributed by atoms with Crippen molar-refractivity contribution >= 4 is 40.7 Å². The molecule has 1 aliphatic rings. The number of likely N-dealkylation sites (N-methyl/N-ethyl adjacent to an activating group) is 1. The minimum absolute atomic E-state index is 0.243. The van der Waals surface area contributed by atoms with Gasteiger partial charge in [-0.05, 0) is 12.1 Å². The molecule has 9 heteroatoms. The number of anilines is 1. The fourth-order valence-corrected chi connectivity index (χ4v) is 2.74. The summed E-state index contributed by atoms with van der Waals surface area (Å²) in [5.41, 5.74) is 0.243. The van der Waals surface area contributed by atoms with Crippen molar-refractivity contribution in [2.24, 2.45) is 0 Å². The Kier molecular flexibility index (Phi) is 5.44. The average Bonchev–Trinajstić information content (AvgIpc) is 2.82. The van der Waals surface area contributed by atoms with Crippen LogP contribution in [0.4, 0.5) is 14.5 Å². The van der Waals surface area contributed by atoms with Gasteiger partial charge in [-0.1, -0.05) is 29.3 Å². The van der Waals surface area contributed by atoms with Crippen LogP contribution in [0.2, 0.25) is 10.0 Å². The molecule has 2 amide bonds. The molecule has 1 unspecified atom stereocenters. The van der Waals surface area contributed by atoms with E-state index in [2.05, 4.69) is 10.6 Å². The van der Waals surface area contributed by atoms with E-state index in [1.165, 1.54) is 7.05 Å². The molecule has 1 aliphatic heterocycles. The molecule has 2 N–H and O–H groups in total. The van der Waals surface area contributed by atoms with Crippen molar-refractivity contribution in [3.05, 3.63) is 28.2 Å². The lowest BCUT2D eigenvalue weighted by Gasteiger charge is -2.21. The highest BCUT2D eigenvalue weighted by molar-refractivity contribution is 6.39. The topological polar surface area (TPSA) is 61.4 Å². The number of nitrogens with one attached hydrogen (secondary N) is 2. The zero-order chi connectivity index (χ0) is 17.2. The molecule has 2 rings (SSSR count). The first-order chi connectivity index (χ1) is 10.7. The number of hydrogen-bond donors (Lipinski definition) is 2. The Labute approximate surface area is 141 Å². The van der Waals surface area contributed by atoms with Crippen molar-refractivity contribution in [1.29, 1.82) is 0 Å². The summed E-state index contributed by atoms with van der Waals surface area (Å²) in [7, 11) is 1.37. The molecular formula is C14H15Cl2F2N3O2. The van der Waals surface area contributed by atoms with Crippen LogP contribution in [0, 0.1) is 0 Å². The fourth-order valence-electron chi connectivity index (χ4n) is 2.25. The van der Waals surface area contributed by atoms with Crippen molar-refractivity contribution in [3.63, 3.8) is 0 Å². The highest BCUT2D eigenvalue weighted by Crippen LogP contribution is 2.30. The van der Waals surface area contributed by atoms with Gasteiger partial charge in [0.05, 0.1) is 34.9 Å². The monoisotopic (exact) mass is 365 g/mol. The van der Waals surface area contributed by atoms with E-state index >= 15 is 0 Å². The molecule has 0 bridgehead atoms. The largest absolute Gasteiger partial charge is 0.335 e. The Morgan fingerprint density at radius 3 is 2.52 bits per heavy atom. The summed E-state index contributed by atoms with van der Waals surface area (Å²) in [4.78, 5) is 25.1. The maximum Gasteiger partial charge on any atom is 0.262 e. The molecule has 0 radical (unpaired) electrons. The highest BCUT2D eigenvalue weighted by atomic mass is 35.5. The third-order valence-electron chi connectivity index (χ3n) is 3.39. The van der Waals surface area contributed by atoms with Crippen LogP contribution in [-0.4, -0.2) is 48.8 Å². The molecule has 5 nitrogen and oxygen atoms in total. The van der Waals surface area contributed by atoms with Crippen LogP contribution in [0.3, 0.4) is 0 Å². The zero-order valence-corrected chi connectivity index (χ0v) is 13.7. The second-order valence-corrected chi connectivity index (χ2v) is 6.15. The van der Waals surface area contributed by atoms with Crippen LogP contribution in [0.1, 0.15) is 6.42 Å². The van der Waals surface area contributed by atoms with Crippen LogP contribution in [0.5, 0.6) is 0 Å². The predicted octanol–water partition coefficient (Wildman–Crippen LogP) is 2.39. The molecule has 1 heterocycles. The molecule has 0 aliphatic carbocycles. The number of rotatable bonds is 4. The number of halogens is 4. The molecule has 1 saturated heterocycles. The van der Waals surface area contributed by atoms with E-state index in [1.54, 1.807) is 18.2 Å². The quantitative estimate of drug-likeness (QED) is 0.860. The van der Waals surface area contributed by atoms with Gasteiger partial charge in [-0.3, -0.25) is 14.9 Å². The van der Waals surface area contributed by atoms with Gasteiger partial charge < -0.3 is 10.2 Å². The van der Waals surface area contributed by atoms with Crippen molar-refractivity contribution in [2.45, 2.75) is 18.4 Å². The number of para-hydroxylation sites is 1. The molecule has 0 spiro atoms. The molecule has 0 saturated carbocycles. The predicted molar refractivity (Wildman–Crippen MR) is 84.1 cm³/mol. The first kappa shape index (κ1) is 17.9. The van der Waals surface area contributed by atoms with Gasteiger partial charge in [0.15, 0.2) is 0 Å². The lowest BCUT2D eigenvalue weighted by atomic mass is 10.1. The van der Waals surface area contributed by atoms with Crippen LogP contribution in [-0.2, 0) is 9.59 Å². The molecule has 1 fully saturated rings. The molecular weight excluding hydrogens is 351 g/mol. The molecule has 1 aromatic rings. The normalized spacial score (nSPS) is 19.4. The minimum atomic E-state index is -2.91. The Bertz CT molecular complexity index is 608. The Hall–Kier alpha value is -1.44. The van der Waals surface area contributed by atoms with E-state index in [9.17, 15) is 18.4 Å². The summed E-state index contributed by atoms with van der Waals surface area (Å²) in [5, 5.41) is 5.48. The van der Waals surface area contributed by atoms with E-state index in [0.717, 1.165) is 4.90 Å². The molecule has 23 heavy (non-hydrogen) atoms. The SMILES string of the molecule is CN(CC(=O)Nc1c(Cl)cccc1Cl)C(=O)C1CC(F)(F)CN1. The first-order valence-electron chi connectivity index (χ1n) is 6.80. The standard InChI is InChI=1S/C14H15Cl2F2N3O2/c1-21(13(23)10-5-14(17,18)7-19-10)6-11(22)20-12-8(15)3-2-4-9(12)16/h2-4,10,19H,5-7H2,1H3,(H,20,22). The van der Waals surface area contributed by atoms with Crippen molar-refractivity contribution in [1.82, 2.24) is 10.2 Å². The summed E-state index contributed by atoms with van der Waals surface area (Å²) < 4.78 is 26.2. The lowest BCUT2D eigenvalue weighted by molar-refractivity contribution is -0.135. The van der Waals surface area contributed by atoms with Gasteiger partial charge in [-0.25, -0.2) is 8.78 Å². The average molecular weight is 366 g/mol. The number of benzene rings is 1. The van der Waals surface area contributed by atoms with Gasteiger partial charge in [0.2, 0.25) is 11.8 Å². The molecule has 0 aromatic heterocycles. The highest BCUT2D eigenvalue weighted by Gasteiger charge is 2.43. The van der Waals surface area contributed by atoms with Crippen molar-refractivity contribution < 1.29 is 18.4 Å². The maximum atomic E-state index is 13.1. The van der Waals surface area contributed by atoms with Crippen molar-refractivity contribution in [2.75, 3.05) is 25.5 Å². The summed E-state index contributed by atoms with van der Waals surface area (Å²) in [6.07, 6.45) is -0.575. The van der Waals surface area contributed by atoms with Gasteiger partial charge in [0, 0.05) is 13.5 Å². The zero-order valence-electron chi connectivity index (χ0n) is 12.2. The van der Waals surface area contributed by atoms with E-state index in [1.807, 2.05) is 0 Å². The Morgan fingerprint density at radius 2 is 2.00 bits per heavy atom. The summed E-state index contributed by atoms with van der Waals surface area (Å²) >= 11 is 11.9. The number of hydrogen-bond acceptors (Lipinski definition) is 3. The first-order valence-corrected chi connectivity index (χ1v) is 7.55. The van der Waals surface area contributed by atoms with Crippen LogP contribution >= 0.6 is 23.2 Å². The molecule has 1 aromatic carbocycles. The maximum absolute atomic E-state index is 13.1. The van der Waals surface area contributed by atoms with Gasteiger partial charge >= 0.3 is 0 Å². The number of carbonyl (C=O) groups excluding carboxylic acids is 2. The second-order valence-electron chi connectivity index (χ2n) is 5.33. The van der Waals surface area contributed by atoms with Crippen LogP contribution < -0.4 is 10.6 Å². The summed E-state index contributed by atoms with van der Waals surface area (Å²) in [6.45, 7) is -0.844. The Morgan fingerprint density at radius 1 is 1.39 bits per heavy atom. The number of nitrogens with zero attached hydrogens (tertiary/aromatic N) is 1. The third-order valence-corrected chi connectivity index (χ3v) is 4.02. The molecule has 1 atom stereocenters. The van der Waals surface area contributed by atoms with Crippen molar-refractivity contribution in [3.8, 4) is 0 Å².